The molecule has 0 aliphatic heterocycles. The first-order chi connectivity index (χ1) is 7.04. The van der Waals surface area contributed by atoms with Gasteiger partial charge in [0.05, 0.1) is 24.7 Å². The molecule has 0 radical (unpaired) electrons. The number of ether oxygens (including phenoxy) is 1. The fourth-order valence-electron chi connectivity index (χ4n) is 1.13. The van der Waals surface area contributed by atoms with Crippen molar-refractivity contribution in [2.45, 2.75) is 44.5 Å². The van der Waals surface area contributed by atoms with Crippen molar-refractivity contribution in [1.82, 2.24) is 0 Å². The highest BCUT2D eigenvalue weighted by Crippen LogP contribution is 2.20. The number of carbonyl (C=O) groups excluding carboxylic acids is 1. The molecule has 0 saturated carbocycles. The third-order valence-electron chi connectivity index (χ3n) is 2.06. The van der Waals surface area contributed by atoms with Crippen LogP contribution in [0.15, 0.2) is 0 Å². The van der Waals surface area contributed by atoms with Crippen molar-refractivity contribution < 1.29 is 22.7 Å². The van der Waals surface area contributed by atoms with Gasteiger partial charge in [-0.2, -0.15) is 13.2 Å². The SMILES string of the molecule is CC(CC(C)(N)C(N)=O)OCCC(F)(F)F. The van der Waals surface area contributed by atoms with Crippen LogP contribution in [0.25, 0.3) is 0 Å². The molecule has 0 saturated heterocycles. The molecule has 0 aromatic carbocycles. The zero-order valence-corrected chi connectivity index (χ0v) is 9.30. The first-order valence-corrected chi connectivity index (χ1v) is 4.82. The molecule has 0 aromatic rings. The number of hydrogen-bond acceptors (Lipinski definition) is 3. The van der Waals surface area contributed by atoms with Gasteiger partial charge in [-0.3, -0.25) is 4.79 Å². The average molecular weight is 242 g/mol. The molecule has 1 amide bonds. The fraction of sp³-hybridized carbons (Fsp3) is 0.889. The molecule has 0 heterocycles. The lowest BCUT2D eigenvalue weighted by atomic mass is 9.95. The number of primary amides is 1. The average Bonchev–Trinajstić information content (AvgIpc) is 1.99. The molecule has 0 fully saturated rings. The molecule has 0 spiro atoms. The molecule has 0 aromatic heterocycles. The summed E-state index contributed by atoms with van der Waals surface area (Å²) in [5, 5.41) is 0. The van der Waals surface area contributed by atoms with Crippen molar-refractivity contribution in [2.75, 3.05) is 6.61 Å². The summed E-state index contributed by atoms with van der Waals surface area (Å²) in [4.78, 5) is 10.9. The Labute approximate surface area is 92.1 Å². The minimum absolute atomic E-state index is 0.0835. The van der Waals surface area contributed by atoms with Crippen molar-refractivity contribution in [3.63, 3.8) is 0 Å². The Morgan fingerprint density at radius 2 is 1.94 bits per heavy atom. The van der Waals surface area contributed by atoms with Crippen molar-refractivity contribution in [3.05, 3.63) is 0 Å². The second-order valence-corrected chi connectivity index (χ2v) is 4.03. The van der Waals surface area contributed by atoms with Gasteiger partial charge >= 0.3 is 6.18 Å². The topological polar surface area (TPSA) is 78.3 Å². The van der Waals surface area contributed by atoms with Gasteiger partial charge in [-0.15, -0.1) is 0 Å². The number of nitrogens with two attached hydrogens (primary N) is 2. The molecule has 7 heteroatoms. The minimum atomic E-state index is -4.24. The summed E-state index contributed by atoms with van der Waals surface area (Å²) >= 11 is 0. The van der Waals surface area contributed by atoms with Gasteiger partial charge in [-0.05, 0) is 20.3 Å². The molecule has 96 valence electrons. The van der Waals surface area contributed by atoms with Crippen molar-refractivity contribution in [3.8, 4) is 0 Å². The largest absolute Gasteiger partial charge is 0.391 e. The predicted octanol–water partition coefficient (Wildman–Crippen LogP) is 0.937. The van der Waals surface area contributed by atoms with E-state index < -0.39 is 36.8 Å². The monoisotopic (exact) mass is 242 g/mol. The van der Waals surface area contributed by atoms with Gasteiger partial charge in [-0.1, -0.05) is 0 Å². The van der Waals surface area contributed by atoms with E-state index in [-0.39, 0.29) is 6.42 Å². The lowest BCUT2D eigenvalue weighted by molar-refractivity contribution is -0.149. The second kappa shape index (κ2) is 5.49. The fourth-order valence-corrected chi connectivity index (χ4v) is 1.13. The van der Waals surface area contributed by atoms with Crippen molar-refractivity contribution in [1.29, 1.82) is 0 Å². The second-order valence-electron chi connectivity index (χ2n) is 4.03. The Bertz CT molecular complexity index is 241. The summed E-state index contributed by atoms with van der Waals surface area (Å²) in [5.74, 6) is -0.709. The molecule has 2 atom stereocenters. The summed E-state index contributed by atoms with van der Waals surface area (Å²) in [6.45, 7) is 2.52. The van der Waals surface area contributed by atoms with E-state index in [9.17, 15) is 18.0 Å². The van der Waals surface area contributed by atoms with E-state index >= 15 is 0 Å². The first-order valence-electron chi connectivity index (χ1n) is 4.82. The highest BCUT2D eigenvalue weighted by atomic mass is 19.4. The van der Waals surface area contributed by atoms with Gasteiger partial charge in [0.1, 0.15) is 0 Å². The van der Waals surface area contributed by atoms with E-state index in [1.165, 1.54) is 6.92 Å². The summed E-state index contributed by atoms with van der Waals surface area (Å²) < 4.78 is 40.3. The number of amides is 1. The van der Waals surface area contributed by atoms with Gasteiger partial charge in [0.15, 0.2) is 0 Å². The third-order valence-corrected chi connectivity index (χ3v) is 2.06. The van der Waals surface area contributed by atoms with Crippen LogP contribution < -0.4 is 11.5 Å². The van der Waals surface area contributed by atoms with Gasteiger partial charge in [0, 0.05) is 0 Å². The van der Waals surface area contributed by atoms with Gasteiger partial charge < -0.3 is 16.2 Å². The zero-order chi connectivity index (χ0) is 13.0. The smallest absolute Gasteiger partial charge is 0.378 e. The van der Waals surface area contributed by atoms with Gasteiger partial charge in [-0.25, -0.2) is 0 Å². The Hall–Kier alpha value is -0.820. The molecule has 4 nitrogen and oxygen atoms in total. The molecule has 16 heavy (non-hydrogen) atoms. The van der Waals surface area contributed by atoms with E-state index in [0.717, 1.165) is 0 Å². The van der Waals surface area contributed by atoms with Crippen LogP contribution >= 0.6 is 0 Å². The van der Waals surface area contributed by atoms with E-state index in [0.29, 0.717) is 0 Å². The van der Waals surface area contributed by atoms with E-state index in [4.69, 9.17) is 16.2 Å². The number of hydrogen-bond donors (Lipinski definition) is 2. The summed E-state index contributed by atoms with van der Waals surface area (Å²) in [6.07, 6.45) is -5.73. The maximum Gasteiger partial charge on any atom is 0.391 e. The van der Waals surface area contributed by atoms with Crippen LogP contribution in [0.1, 0.15) is 26.7 Å². The highest BCUT2D eigenvalue weighted by molar-refractivity contribution is 5.83. The first kappa shape index (κ1) is 15.2. The van der Waals surface area contributed by atoms with E-state index in [1.807, 2.05) is 0 Å². The molecule has 0 aliphatic rings. The number of rotatable bonds is 6. The van der Waals surface area contributed by atoms with Crippen LogP contribution in [0.3, 0.4) is 0 Å². The third kappa shape index (κ3) is 6.62. The predicted molar refractivity (Wildman–Crippen MR) is 52.5 cm³/mol. The number of alkyl halides is 3. The quantitative estimate of drug-likeness (QED) is 0.727. The van der Waals surface area contributed by atoms with E-state index in [2.05, 4.69) is 0 Å². The Kier molecular flexibility index (Phi) is 5.21. The lowest BCUT2D eigenvalue weighted by Gasteiger charge is -2.24. The van der Waals surface area contributed by atoms with Crippen LogP contribution in [0.2, 0.25) is 0 Å². The van der Waals surface area contributed by atoms with Crippen LogP contribution in [-0.2, 0) is 9.53 Å². The Morgan fingerprint density at radius 1 is 1.44 bits per heavy atom. The highest BCUT2D eigenvalue weighted by Gasteiger charge is 2.30. The standard InChI is InChI=1S/C9H17F3N2O2/c1-6(5-8(2,14)7(13)15)16-4-3-9(10,11)12/h6H,3-5,14H2,1-2H3,(H2,13,15). The molecule has 0 rings (SSSR count). The summed E-state index contributed by atoms with van der Waals surface area (Å²) in [7, 11) is 0. The van der Waals surface area contributed by atoms with Crippen LogP contribution in [0.5, 0.6) is 0 Å². The molecule has 4 N–H and O–H groups in total. The minimum Gasteiger partial charge on any atom is -0.378 e. The van der Waals surface area contributed by atoms with Gasteiger partial charge in [0.2, 0.25) is 5.91 Å². The van der Waals surface area contributed by atoms with Crippen LogP contribution in [-0.4, -0.2) is 30.3 Å². The zero-order valence-electron chi connectivity index (χ0n) is 9.30. The summed E-state index contributed by atoms with van der Waals surface area (Å²) in [6, 6.07) is 0. The molecule has 2 unspecified atom stereocenters. The molecule has 0 aliphatic carbocycles. The van der Waals surface area contributed by atoms with Gasteiger partial charge in [0.25, 0.3) is 0 Å². The lowest BCUT2D eigenvalue weighted by Crippen LogP contribution is -2.51. The normalized spacial score (nSPS) is 17.9. The molecular formula is C9H17F3N2O2. The molecule has 0 bridgehead atoms. The van der Waals surface area contributed by atoms with Crippen LogP contribution in [0, 0.1) is 0 Å². The Morgan fingerprint density at radius 3 is 2.31 bits per heavy atom. The van der Waals surface area contributed by atoms with E-state index in [1.54, 1.807) is 6.92 Å². The number of carbonyl (C=O) groups is 1. The van der Waals surface area contributed by atoms with Crippen LogP contribution in [0.4, 0.5) is 13.2 Å². The number of halogens is 3. The maximum atomic E-state index is 11.8. The maximum absolute atomic E-state index is 11.8. The Balaban J connectivity index is 3.92. The van der Waals surface area contributed by atoms with Crippen molar-refractivity contribution in [2.24, 2.45) is 11.5 Å². The molecular weight excluding hydrogens is 225 g/mol. The van der Waals surface area contributed by atoms with Crippen molar-refractivity contribution >= 4 is 5.91 Å². The summed E-state index contributed by atoms with van der Waals surface area (Å²) in [5.41, 5.74) is 9.29.